The molecule has 12 nitrogen and oxygen atoms in total. The highest BCUT2D eigenvalue weighted by molar-refractivity contribution is 7.99. The number of halogens is 1. The maximum Gasteiger partial charge on any atom is 0.350 e. The van der Waals surface area contributed by atoms with Crippen LogP contribution in [0.2, 0.25) is 5.02 Å². The fourth-order valence-electron chi connectivity index (χ4n) is 6.35. The predicted molar refractivity (Wildman–Crippen MR) is 204 cm³/mol. The smallest absolute Gasteiger partial charge is 0.350 e. The molecule has 3 unspecified atom stereocenters. The lowest BCUT2D eigenvalue weighted by atomic mass is 10.1. The summed E-state index contributed by atoms with van der Waals surface area (Å²) in [6.45, 7) is 12.5. The van der Waals surface area contributed by atoms with Gasteiger partial charge in [0.2, 0.25) is 10.9 Å². The molecule has 4 heterocycles. The molecule has 2 aliphatic rings. The van der Waals surface area contributed by atoms with Crippen molar-refractivity contribution in [2.24, 2.45) is 0 Å². The minimum atomic E-state index is -0.975. The van der Waals surface area contributed by atoms with Crippen molar-refractivity contribution in [2.45, 2.75) is 63.2 Å². The fraction of sp³-hybridized carbons (Fsp3) is 0.421. The summed E-state index contributed by atoms with van der Waals surface area (Å²) in [6.07, 6.45) is 3.94. The molecular weight excluding hydrogens is 700 g/mol. The molecule has 2 aliphatic heterocycles. The zero-order valence-electron chi connectivity index (χ0n) is 30.0. The van der Waals surface area contributed by atoms with Crippen LogP contribution >= 0.6 is 23.4 Å². The molecule has 3 aromatic carbocycles. The summed E-state index contributed by atoms with van der Waals surface area (Å²) in [5.74, 6) is 0.284. The number of hydrogen-bond acceptors (Lipinski definition) is 10. The number of ether oxygens (including phenoxy) is 3. The van der Waals surface area contributed by atoms with Crippen molar-refractivity contribution in [1.82, 2.24) is 29.1 Å². The van der Waals surface area contributed by atoms with Gasteiger partial charge in [-0.05, 0) is 87.9 Å². The first-order valence-electron chi connectivity index (χ1n) is 17.8. The molecule has 0 spiro atoms. The van der Waals surface area contributed by atoms with E-state index in [1.807, 2.05) is 60.1 Å². The van der Waals surface area contributed by atoms with Crippen LogP contribution in [0.15, 0.2) is 95.4 Å². The van der Waals surface area contributed by atoms with E-state index in [0.717, 1.165) is 61.0 Å². The highest BCUT2D eigenvalue weighted by Crippen LogP contribution is 2.39. The Bertz CT molecular complexity index is 1970. The molecular formula is C38H45ClN8O4S. The third-order valence-electron chi connectivity index (χ3n) is 9.66. The van der Waals surface area contributed by atoms with Gasteiger partial charge in [0.25, 0.3) is 0 Å². The first kappa shape index (κ1) is 36.1. The van der Waals surface area contributed by atoms with Crippen LogP contribution in [0.25, 0.3) is 5.69 Å². The number of piperazine rings is 1. The van der Waals surface area contributed by atoms with E-state index in [9.17, 15) is 4.79 Å². The van der Waals surface area contributed by atoms with Gasteiger partial charge in [-0.15, -0.1) is 5.10 Å². The number of aromatic nitrogens is 6. The predicted octanol–water partition coefficient (Wildman–Crippen LogP) is 6.60. The second-order valence-electron chi connectivity index (χ2n) is 13.5. The highest BCUT2D eigenvalue weighted by Gasteiger charge is 2.44. The second-order valence-corrected chi connectivity index (χ2v) is 14.9. The topological polar surface area (TPSA) is 105 Å². The molecule has 2 aromatic heterocycles. The zero-order chi connectivity index (χ0) is 36.2. The molecule has 52 heavy (non-hydrogen) atoms. The third-order valence-corrected chi connectivity index (χ3v) is 10.9. The molecule has 0 N–H and O–H groups in total. The minimum absolute atomic E-state index is 0.0672. The summed E-state index contributed by atoms with van der Waals surface area (Å²) in [7, 11) is 0. The van der Waals surface area contributed by atoms with Crippen molar-refractivity contribution < 1.29 is 14.2 Å². The Kier molecular flexibility index (Phi) is 10.9. The maximum absolute atomic E-state index is 12.8. The largest absolute Gasteiger partial charge is 0.491 e. The van der Waals surface area contributed by atoms with Crippen LogP contribution in [-0.2, 0) is 15.3 Å². The van der Waals surface area contributed by atoms with Gasteiger partial charge in [-0.3, -0.25) is 0 Å². The maximum atomic E-state index is 12.8. The van der Waals surface area contributed by atoms with Crippen molar-refractivity contribution in [1.29, 1.82) is 0 Å². The van der Waals surface area contributed by atoms with Crippen LogP contribution in [0, 0.1) is 0 Å². The number of hydrogen-bond donors (Lipinski definition) is 0. The molecule has 5 aromatic rings. The molecule has 14 heteroatoms. The molecule has 2 fully saturated rings. The minimum Gasteiger partial charge on any atom is -0.491 e. The lowest BCUT2D eigenvalue weighted by Crippen LogP contribution is -2.46. The van der Waals surface area contributed by atoms with Gasteiger partial charge in [-0.25, -0.2) is 23.7 Å². The van der Waals surface area contributed by atoms with E-state index in [1.165, 1.54) is 11.8 Å². The van der Waals surface area contributed by atoms with Crippen molar-refractivity contribution in [3.8, 4) is 11.4 Å². The Morgan fingerprint density at radius 2 is 1.54 bits per heavy atom. The summed E-state index contributed by atoms with van der Waals surface area (Å²) >= 11 is 7.70. The Balaban J connectivity index is 0.913. The molecule has 0 radical (unpaired) electrons. The van der Waals surface area contributed by atoms with E-state index in [2.05, 4.69) is 70.0 Å². The van der Waals surface area contributed by atoms with Crippen molar-refractivity contribution in [3.63, 3.8) is 0 Å². The van der Waals surface area contributed by atoms with E-state index in [1.54, 1.807) is 21.9 Å². The van der Waals surface area contributed by atoms with E-state index in [-0.39, 0.29) is 23.9 Å². The van der Waals surface area contributed by atoms with Gasteiger partial charge < -0.3 is 24.0 Å². The summed E-state index contributed by atoms with van der Waals surface area (Å²) < 4.78 is 24.1. The summed E-state index contributed by atoms with van der Waals surface area (Å²) in [5, 5.41) is 10.2. The van der Waals surface area contributed by atoms with Gasteiger partial charge in [0.1, 0.15) is 31.1 Å². The molecule has 0 amide bonds. The average molecular weight is 745 g/mol. The lowest BCUT2D eigenvalue weighted by Gasteiger charge is -2.37. The van der Waals surface area contributed by atoms with E-state index < -0.39 is 5.79 Å². The Morgan fingerprint density at radius 3 is 2.15 bits per heavy atom. The SMILES string of the molecule is CCC(C)n1ncn(-c2ccc(N3CCN(c4ccc(OCC5COC(CSc6ncn(C(C)C)n6)(c6ccc(Cl)cc6)O5)cc4)CC3)cc2)c1=O. The average Bonchev–Trinajstić information content (AvgIpc) is 3.93. The lowest BCUT2D eigenvalue weighted by molar-refractivity contribution is -0.160. The van der Waals surface area contributed by atoms with Gasteiger partial charge in [-0.1, -0.05) is 42.4 Å². The Morgan fingerprint density at radius 1 is 0.904 bits per heavy atom. The van der Waals surface area contributed by atoms with Crippen molar-refractivity contribution in [2.75, 3.05) is 54.9 Å². The van der Waals surface area contributed by atoms with Gasteiger partial charge in [0.05, 0.1) is 24.1 Å². The Labute approximate surface area is 313 Å². The van der Waals surface area contributed by atoms with Crippen molar-refractivity contribution >= 4 is 34.7 Å². The molecule has 0 aliphatic carbocycles. The third kappa shape index (κ3) is 7.87. The molecule has 2 saturated heterocycles. The monoisotopic (exact) mass is 744 g/mol. The molecule has 0 saturated carbocycles. The van der Waals surface area contributed by atoms with Crippen LogP contribution in [0.3, 0.4) is 0 Å². The molecule has 7 rings (SSSR count). The van der Waals surface area contributed by atoms with Gasteiger partial charge in [0.15, 0.2) is 0 Å². The Hall–Kier alpha value is -4.30. The number of rotatable bonds is 13. The van der Waals surface area contributed by atoms with Crippen molar-refractivity contribution in [3.05, 3.63) is 107 Å². The summed E-state index contributed by atoms with van der Waals surface area (Å²) in [4.78, 5) is 22.0. The first-order valence-corrected chi connectivity index (χ1v) is 19.2. The number of anilines is 2. The fourth-order valence-corrected chi connectivity index (χ4v) is 7.39. The van der Waals surface area contributed by atoms with Crippen LogP contribution in [-0.4, -0.2) is 80.4 Å². The first-order chi connectivity index (χ1) is 25.2. The normalized spacial score (nSPS) is 19.8. The second kappa shape index (κ2) is 15.7. The number of benzene rings is 3. The molecule has 274 valence electrons. The standard InChI is InChI=1S/C38H45ClN8O4S/c1-5-28(4)47-37(48)45(26-41-47)33-12-10-31(11-13-33)43-18-20-44(21-19-43)32-14-16-34(17-15-32)49-22-35-23-50-38(51-35,29-6-8-30(39)9-7-29)24-52-36-40-25-46(42-36)27(2)3/h6-17,25-28,35H,5,18-24H2,1-4H3. The number of thioether (sulfide) groups is 1. The van der Waals surface area contributed by atoms with Gasteiger partial charge >= 0.3 is 5.69 Å². The van der Waals surface area contributed by atoms with Crippen LogP contribution < -0.4 is 20.2 Å². The van der Waals surface area contributed by atoms with E-state index in [0.29, 0.717) is 29.1 Å². The number of nitrogens with zero attached hydrogens (tertiary/aromatic N) is 8. The highest BCUT2D eigenvalue weighted by atomic mass is 35.5. The van der Waals surface area contributed by atoms with Crippen LogP contribution in [0.4, 0.5) is 11.4 Å². The molecule has 0 bridgehead atoms. The zero-order valence-corrected chi connectivity index (χ0v) is 31.5. The van der Waals surface area contributed by atoms with Crippen LogP contribution in [0.1, 0.15) is 51.8 Å². The summed E-state index contributed by atoms with van der Waals surface area (Å²) in [5.41, 5.74) is 3.90. The van der Waals surface area contributed by atoms with Gasteiger partial charge in [-0.2, -0.15) is 5.10 Å². The van der Waals surface area contributed by atoms with Gasteiger partial charge in [0, 0.05) is 54.2 Å². The summed E-state index contributed by atoms with van der Waals surface area (Å²) in [6, 6.07) is 24.3. The molecule has 3 atom stereocenters. The van der Waals surface area contributed by atoms with E-state index >= 15 is 0 Å². The van der Waals surface area contributed by atoms with E-state index in [4.69, 9.17) is 25.8 Å². The quantitative estimate of drug-likeness (QED) is 0.123. The van der Waals surface area contributed by atoms with Crippen LogP contribution in [0.5, 0.6) is 5.75 Å².